The summed E-state index contributed by atoms with van der Waals surface area (Å²) in [6, 6.07) is 0.874. The fourth-order valence-electron chi connectivity index (χ4n) is 0.964. The highest BCUT2D eigenvalue weighted by molar-refractivity contribution is 6.65. The van der Waals surface area contributed by atoms with Crippen LogP contribution in [-0.4, -0.2) is 47.8 Å². The Morgan fingerprint density at radius 2 is 1.92 bits per heavy atom. The summed E-state index contributed by atoms with van der Waals surface area (Å²) in [4.78, 5) is 2.01. The van der Waals surface area contributed by atoms with Crippen molar-refractivity contribution in [3.63, 3.8) is 0 Å². The summed E-state index contributed by atoms with van der Waals surface area (Å²) in [5.74, 6) is 0. The van der Waals surface area contributed by atoms with Gasteiger partial charge in [0.1, 0.15) is 0 Å². The third kappa shape index (κ3) is 5.41. The molecule has 4 heteroatoms. The topological polar surface area (TPSA) is 21.7 Å². The molecular formula is C9H23NO2Si. The minimum absolute atomic E-state index is 0.142. The van der Waals surface area contributed by atoms with E-state index in [-0.39, 0.29) is 6.52 Å². The highest BCUT2D eigenvalue weighted by Crippen LogP contribution is 2.13. The molecule has 1 unspecified atom stereocenters. The first-order valence-corrected chi connectivity index (χ1v) is 7.24. The Morgan fingerprint density at radius 1 is 1.38 bits per heavy atom. The number of hydrogen-bond donors (Lipinski definition) is 0. The third-order valence-electron chi connectivity index (χ3n) is 2.40. The molecule has 0 aromatic heterocycles. The lowest BCUT2D eigenvalue weighted by molar-refractivity contribution is 0.245. The molecule has 0 heterocycles. The average molecular weight is 206 g/mol. The second-order valence-corrected chi connectivity index (χ2v) is 6.92. The second kappa shape index (κ2) is 6.54. The fourth-order valence-corrected chi connectivity index (χ4v) is 2.19. The third-order valence-corrected chi connectivity index (χ3v) is 5.33. The van der Waals surface area contributed by atoms with Crippen LogP contribution in [0.1, 0.15) is 14.7 Å². The number of hydrogen-bond acceptors (Lipinski definition) is 3. The van der Waals surface area contributed by atoms with E-state index in [1.165, 1.54) is 0 Å². The first kappa shape index (κ1) is 11.2. The summed E-state index contributed by atoms with van der Waals surface area (Å²) in [6.07, 6.45) is 0.814. The van der Waals surface area contributed by atoms with Crippen LogP contribution in [0.2, 0.25) is 12.6 Å². The first-order chi connectivity index (χ1) is 6.49. The van der Waals surface area contributed by atoms with Gasteiger partial charge in [0.05, 0.1) is 0 Å². The molecule has 0 amide bonds. The van der Waals surface area contributed by atoms with E-state index >= 15 is 0 Å². The Hall–Kier alpha value is 0.0969. The first-order valence-electron chi connectivity index (χ1n) is 5.29. The highest BCUT2D eigenvalue weighted by Gasteiger charge is 2.27. The summed E-state index contributed by atoms with van der Waals surface area (Å²) in [6.45, 7) is 4.86. The van der Waals surface area contributed by atoms with Crippen LogP contribution in [-0.2, 0) is 8.85 Å². The molecule has 3 nitrogen and oxygen atoms in total. The molecule has 0 saturated heterocycles. The molecule has 0 aromatic carbocycles. The smallest absolute Gasteiger partial charge is 0.334 e. The minimum atomic E-state index is -1.97. The summed E-state index contributed by atoms with van der Waals surface area (Å²) in [5, 5.41) is 0. The van der Waals surface area contributed by atoms with Crippen molar-refractivity contribution in [2.75, 3.05) is 34.3 Å². The Bertz CT molecular complexity index is 156. The lowest BCUT2D eigenvalue weighted by Gasteiger charge is -2.23. The van der Waals surface area contributed by atoms with Gasteiger partial charge in [-0.15, -0.1) is 0 Å². The standard InChI is InChI=1S/C9H23NO2Si/c1-6-10(2)8-7-9-13(5,11-3)12-4/h6-9H2,1-5H3/i8D. The van der Waals surface area contributed by atoms with Gasteiger partial charge in [0.2, 0.25) is 0 Å². The van der Waals surface area contributed by atoms with Gasteiger partial charge in [-0.25, -0.2) is 0 Å². The molecule has 0 saturated carbocycles. The van der Waals surface area contributed by atoms with Crippen molar-refractivity contribution in [3.8, 4) is 0 Å². The van der Waals surface area contributed by atoms with E-state index in [1.807, 2.05) is 18.5 Å². The molecule has 80 valence electrons. The van der Waals surface area contributed by atoms with Gasteiger partial charge in [0.25, 0.3) is 0 Å². The molecule has 0 aromatic rings. The van der Waals surface area contributed by atoms with E-state index in [4.69, 9.17) is 10.2 Å². The molecule has 1 atom stereocenters. The van der Waals surface area contributed by atoms with E-state index in [0.29, 0.717) is 0 Å². The second-order valence-electron chi connectivity index (χ2n) is 3.34. The zero-order valence-electron chi connectivity index (χ0n) is 10.5. The van der Waals surface area contributed by atoms with Gasteiger partial charge >= 0.3 is 8.56 Å². The maximum Gasteiger partial charge on any atom is 0.334 e. The van der Waals surface area contributed by atoms with Gasteiger partial charge in [-0.3, -0.25) is 0 Å². The molecule has 0 spiro atoms. The molecule has 0 radical (unpaired) electrons. The highest BCUT2D eigenvalue weighted by atomic mass is 28.4. The van der Waals surface area contributed by atoms with Gasteiger partial charge in [-0.2, -0.15) is 0 Å². The zero-order valence-corrected chi connectivity index (χ0v) is 10.5. The summed E-state index contributed by atoms with van der Waals surface area (Å²) >= 11 is 0. The van der Waals surface area contributed by atoms with E-state index < -0.39 is 8.56 Å². The van der Waals surface area contributed by atoms with Crippen molar-refractivity contribution in [1.82, 2.24) is 4.90 Å². The summed E-state index contributed by atoms with van der Waals surface area (Å²) in [7, 11) is 3.39. The molecule has 0 fully saturated rings. The van der Waals surface area contributed by atoms with Gasteiger partial charge in [-0.1, -0.05) is 6.92 Å². The van der Waals surface area contributed by atoms with Crippen LogP contribution < -0.4 is 0 Å². The minimum Gasteiger partial charge on any atom is -0.398 e. The SMILES string of the molecule is [2H]C(CC[Si](C)(OC)OC)N(C)CC. The molecule has 0 aliphatic heterocycles. The predicted octanol–water partition coefficient (Wildman–Crippen LogP) is 1.69. The van der Waals surface area contributed by atoms with Crippen LogP contribution in [0.25, 0.3) is 0 Å². The monoisotopic (exact) mass is 206 g/mol. The Kier molecular flexibility index (Phi) is 5.62. The van der Waals surface area contributed by atoms with Crippen LogP contribution >= 0.6 is 0 Å². The lowest BCUT2D eigenvalue weighted by atomic mass is 10.4. The van der Waals surface area contributed by atoms with E-state index in [1.54, 1.807) is 14.2 Å². The van der Waals surface area contributed by atoms with Crippen molar-refractivity contribution < 1.29 is 10.2 Å². The van der Waals surface area contributed by atoms with Crippen molar-refractivity contribution in [3.05, 3.63) is 0 Å². The van der Waals surface area contributed by atoms with Crippen molar-refractivity contribution in [2.45, 2.75) is 25.9 Å². The number of rotatable bonds is 7. The average Bonchev–Trinajstić information content (AvgIpc) is 2.24. The summed E-state index contributed by atoms with van der Waals surface area (Å²) in [5.41, 5.74) is 0. The lowest BCUT2D eigenvalue weighted by Crippen LogP contribution is -2.36. The van der Waals surface area contributed by atoms with Gasteiger partial charge in [-0.05, 0) is 39.1 Å². The Balaban J connectivity index is 3.91. The van der Waals surface area contributed by atoms with Crippen LogP contribution in [0.3, 0.4) is 0 Å². The van der Waals surface area contributed by atoms with E-state index in [0.717, 1.165) is 19.0 Å². The van der Waals surface area contributed by atoms with Crippen molar-refractivity contribution in [1.29, 1.82) is 0 Å². The maximum atomic E-state index is 7.85. The van der Waals surface area contributed by atoms with Crippen molar-refractivity contribution in [2.24, 2.45) is 0 Å². The fraction of sp³-hybridized carbons (Fsp3) is 1.00. The van der Waals surface area contributed by atoms with Crippen LogP contribution in [0.5, 0.6) is 0 Å². The molecule has 13 heavy (non-hydrogen) atoms. The number of nitrogens with zero attached hydrogens (tertiary/aromatic N) is 1. The predicted molar refractivity (Wildman–Crippen MR) is 58.2 cm³/mol. The van der Waals surface area contributed by atoms with E-state index in [2.05, 4.69) is 6.92 Å². The van der Waals surface area contributed by atoms with Gasteiger partial charge < -0.3 is 13.8 Å². The van der Waals surface area contributed by atoms with Crippen molar-refractivity contribution >= 4 is 8.56 Å². The molecule has 0 rings (SSSR count). The molecular weight excluding hydrogens is 182 g/mol. The van der Waals surface area contributed by atoms with Gasteiger partial charge in [0.15, 0.2) is 0 Å². The largest absolute Gasteiger partial charge is 0.398 e. The Morgan fingerprint density at radius 3 is 2.31 bits per heavy atom. The molecule has 0 aliphatic rings. The Labute approximate surface area is 84.7 Å². The molecule has 0 N–H and O–H groups in total. The van der Waals surface area contributed by atoms with Crippen LogP contribution in [0, 0.1) is 0 Å². The summed E-state index contributed by atoms with van der Waals surface area (Å²) < 4.78 is 18.6. The quantitative estimate of drug-likeness (QED) is 0.592. The van der Waals surface area contributed by atoms with Gasteiger partial charge in [0, 0.05) is 15.6 Å². The van der Waals surface area contributed by atoms with Crippen LogP contribution in [0.4, 0.5) is 0 Å². The van der Waals surface area contributed by atoms with E-state index in [9.17, 15) is 0 Å². The normalized spacial score (nSPS) is 16.0. The zero-order chi connectivity index (χ0) is 11.2. The maximum absolute atomic E-state index is 7.85. The molecule has 0 aliphatic carbocycles. The molecule has 0 bridgehead atoms. The van der Waals surface area contributed by atoms with Crippen LogP contribution in [0.15, 0.2) is 0 Å².